The fourth-order valence-corrected chi connectivity index (χ4v) is 4.12. The van der Waals surface area contributed by atoms with Gasteiger partial charge in [0.15, 0.2) is 11.0 Å². The summed E-state index contributed by atoms with van der Waals surface area (Å²) in [6.45, 7) is 10.8. The van der Waals surface area contributed by atoms with Crippen molar-refractivity contribution in [2.45, 2.75) is 31.2 Å². The summed E-state index contributed by atoms with van der Waals surface area (Å²) in [6.07, 6.45) is 0. The molecule has 0 N–H and O–H groups in total. The summed E-state index contributed by atoms with van der Waals surface area (Å²) in [5, 5.41) is 9.28. The maximum absolute atomic E-state index is 12.8. The van der Waals surface area contributed by atoms with Gasteiger partial charge in [0.05, 0.1) is 5.25 Å². The lowest BCUT2D eigenvalue weighted by Crippen LogP contribution is -2.50. The van der Waals surface area contributed by atoms with Gasteiger partial charge in [0.1, 0.15) is 0 Å². The molecule has 1 aliphatic rings. The number of piperazine rings is 1. The molecule has 0 saturated carbocycles. The fraction of sp³-hybridized carbons (Fsp3) is 0.526. The second-order valence-electron chi connectivity index (χ2n) is 6.70. The van der Waals surface area contributed by atoms with E-state index in [0.717, 1.165) is 54.8 Å². The Hall–Kier alpha value is -1.86. The lowest BCUT2D eigenvalue weighted by Gasteiger charge is -2.35. The molecule has 0 unspecified atom stereocenters. The predicted octanol–water partition coefficient (Wildman–Crippen LogP) is 2.44. The van der Waals surface area contributed by atoms with Crippen LogP contribution in [0.4, 0.5) is 0 Å². The van der Waals surface area contributed by atoms with E-state index in [1.807, 2.05) is 35.6 Å². The van der Waals surface area contributed by atoms with Crippen LogP contribution in [0.25, 0.3) is 11.4 Å². The van der Waals surface area contributed by atoms with Gasteiger partial charge in [0.25, 0.3) is 0 Å². The second kappa shape index (κ2) is 8.22. The maximum atomic E-state index is 12.8. The van der Waals surface area contributed by atoms with E-state index in [0.29, 0.717) is 0 Å². The van der Waals surface area contributed by atoms with Crippen molar-refractivity contribution in [1.82, 2.24) is 24.6 Å². The van der Waals surface area contributed by atoms with E-state index in [-0.39, 0.29) is 11.2 Å². The molecule has 1 aromatic heterocycles. The topological polar surface area (TPSA) is 54.3 Å². The highest BCUT2D eigenvalue weighted by Gasteiger charge is 2.26. The van der Waals surface area contributed by atoms with Gasteiger partial charge in [-0.3, -0.25) is 4.79 Å². The molecule has 2 aromatic rings. The number of hydrogen-bond acceptors (Lipinski definition) is 5. The largest absolute Gasteiger partial charge is 0.339 e. The van der Waals surface area contributed by atoms with Gasteiger partial charge in [-0.15, -0.1) is 10.2 Å². The van der Waals surface area contributed by atoms with Gasteiger partial charge < -0.3 is 14.4 Å². The first-order chi connectivity index (χ1) is 12.5. The second-order valence-corrected chi connectivity index (χ2v) is 8.01. The molecule has 1 fully saturated rings. The first kappa shape index (κ1) is 18.9. The van der Waals surface area contributed by atoms with Crippen LogP contribution in [-0.2, 0) is 11.8 Å². The predicted molar refractivity (Wildman–Crippen MR) is 105 cm³/mol. The van der Waals surface area contributed by atoms with Crippen LogP contribution in [0.5, 0.6) is 0 Å². The zero-order chi connectivity index (χ0) is 18.7. The molecule has 1 amide bonds. The zero-order valence-electron chi connectivity index (χ0n) is 16.0. The maximum Gasteiger partial charge on any atom is 0.235 e. The van der Waals surface area contributed by atoms with Crippen molar-refractivity contribution in [3.63, 3.8) is 0 Å². The average Bonchev–Trinajstić information content (AvgIpc) is 3.02. The molecule has 0 spiro atoms. The Labute approximate surface area is 159 Å². The van der Waals surface area contributed by atoms with E-state index in [9.17, 15) is 4.79 Å². The molecule has 2 heterocycles. The van der Waals surface area contributed by atoms with E-state index in [4.69, 9.17) is 0 Å². The van der Waals surface area contributed by atoms with E-state index >= 15 is 0 Å². The molecule has 0 aliphatic carbocycles. The molecule has 0 radical (unpaired) electrons. The first-order valence-electron chi connectivity index (χ1n) is 9.14. The minimum absolute atomic E-state index is 0.171. The fourth-order valence-electron chi connectivity index (χ4n) is 3.23. The minimum Gasteiger partial charge on any atom is -0.339 e. The van der Waals surface area contributed by atoms with Gasteiger partial charge in [0, 0.05) is 38.8 Å². The number of benzene rings is 1. The van der Waals surface area contributed by atoms with Crippen LogP contribution >= 0.6 is 11.8 Å². The summed E-state index contributed by atoms with van der Waals surface area (Å²) in [6, 6.07) is 8.14. The lowest BCUT2D eigenvalue weighted by atomic mass is 10.1. The summed E-state index contributed by atoms with van der Waals surface area (Å²) < 4.78 is 1.98. The number of aromatic nitrogens is 3. The quantitative estimate of drug-likeness (QED) is 0.754. The molecule has 6 nitrogen and oxygen atoms in total. The Bertz CT molecular complexity index is 767. The lowest BCUT2D eigenvalue weighted by molar-refractivity contribution is -0.132. The Balaban J connectivity index is 1.68. The third-order valence-corrected chi connectivity index (χ3v) is 6.10. The van der Waals surface area contributed by atoms with Crippen molar-refractivity contribution in [3.05, 3.63) is 29.8 Å². The minimum atomic E-state index is -0.171. The zero-order valence-corrected chi connectivity index (χ0v) is 16.8. The summed E-state index contributed by atoms with van der Waals surface area (Å²) in [5.41, 5.74) is 2.24. The number of aryl methyl sites for hydroxylation is 1. The van der Waals surface area contributed by atoms with Crippen molar-refractivity contribution in [1.29, 1.82) is 0 Å². The molecule has 1 aliphatic heterocycles. The van der Waals surface area contributed by atoms with Crippen LogP contribution in [0.1, 0.15) is 19.4 Å². The third-order valence-electron chi connectivity index (χ3n) is 4.98. The van der Waals surface area contributed by atoms with Crippen LogP contribution in [0, 0.1) is 6.92 Å². The normalized spacial score (nSPS) is 16.7. The Morgan fingerprint density at radius 3 is 2.54 bits per heavy atom. The van der Waals surface area contributed by atoms with Gasteiger partial charge in [-0.1, -0.05) is 43.0 Å². The number of likely N-dealkylation sites (N-methyl/N-ethyl adjacent to an activating group) is 1. The van der Waals surface area contributed by atoms with Gasteiger partial charge in [-0.2, -0.15) is 0 Å². The SMILES string of the molecule is CCN1CCN(C(=O)[C@@H](C)Sc2nnc(-c3ccccc3C)n2C)CC1. The van der Waals surface area contributed by atoms with Gasteiger partial charge >= 0.3 is 0 Å². The molecule has 1 aromatic carbocycles. The summed E-state index contributed by atoms with van der Waals surface area (Å²) in [4.78, 5) is 17.1. The highest BCUT2D eigenvalue weighted by molar-refractivity contribution is 8.00. The summed E-state index contributed by atoms with van der Waals surface area (Å²) in [7, 11) is 1.96. The van der Waals surface area contributed by atoms with Gasteiger partial charge in [0.2, 0.25) is 5.91 Å². The number of carbonyl (C=O) groups is 1. The van der Waals surface area contributed by atoms with Gasteiger partial charge in [-0.25, -0.2) is 0 Å². The van der Waals surface area contributed by atoms with E-state index in [1.165, 1.54) is 11.8 Å². The van der Waals surface area contributed by atoms with Gasteiger partial charge in [-0.05, 0) is 26.0 Å². The number of carbonyl (C=O) groups excluding carboxylic acids is 1. The molecule has 140 valence electrons. The highest BCUT2D eigenvalue weighted by atomic mass is 32.2. The first-order valence-corrected chi connectivity index (χ1v) is 10.0. The van der Waals surface area contributed by atoms with Crippen molar-refractivity contribution in [2.75, 3.05) is 32.7 Å². The summed E-state index contributed by atoms with van der Waals surface area (Å²) in [5.74, 6) is 1.02. The molecule has 3 rings (SSSR count). The number of thioether (sulfide) groups is 1. The van der Waals surface area contributed by atoms with Crippen LogP contribution in [-0.4, -0.2) is 68.4 Å². The Kier molecular flexibility index (Phi) is 5.98. The van der Waals surface area contributed by atoms with E-state index in [1.54, 1.807) is 0 Å². The smallest absolute Gasteiger partial charge is 0.235 e. The molecule has 1 saturated heterocycles. The van der Waals surface area contributed by atoms with Crippen molar-refractivity contribution in [2.24, 2.45) is 7.05 Å². The molecule has 7 heteroatoms. The molecule has 1 atom stereocenters. The van der Waals surface area contributed by atoms with Crippen molar-refractivity contribution in [3.8, 4) is 11.4 Å². The van der Waals surface area contributed by atoms with Crippen molar-refractivity contribution < 1.29 is 4.79 Å². The van der Waals surface area contributed by atoms with E-state index < -0.39 is 0 Å². The number of nitrogens with zero attached hydrogens (tertiary/aromatic N) is 5. The van der Waals surface area contributed by atoms with Crippen LogP contribution < -0.4 is 0 Å². The Morgan fingerprint density at radius 1 is 1.19 bits per heavy atom. The molecule has 26 heavy (non-hydrogen) atoms. The average molecular weight is 374 g/mol. The highest BCUT2D eigenvalue weighted by Crippen LogP contribution is 2.28. The Morgan fingerprint density at radius 2 is 1.88 bits per heavy atom. The standard InChI is InChI=1S/C19H27N5OS/c1-5-23-10-12-24(13-11-23)18(25)15(3)26-19-21-20-17(22(19)4)16-9-7-6-8-14(16)2/h6-9,15H,5,10-13H2,1-4H3/t15-/m1/s1. The monoisotopic (exact) mass is 373 g/mol. The number of hydrogen-bond donors (Lipinski definition) is 0. The molecular formula is C19H27N5OS. The molecule has 0 bridgehead atoms. The number of rotatable bonds is 5. The van der Waals surface area contributed by atoms with Crippen molar-refractivity contribution >= 4 is 17.7 Å². The van der Waals surface area contributed by atoms with E-state index in [2.05, 4.69) is 41.1 Å². The third kappa shape index (κ3) is 3.94. The number of amides is 1. The van der Waals surface area contributed by atoms with Crippen LogP contribution in [0.15, 0.2) is 29.4 Å². The van der Waals surface area contributed by atoms with Crippen LogP contribution in [0.3, 0.4) is 0 Å². The molecular weight excluding hydrogens is 346 g/mol. The van der Waals surface area contributed by atoms with Crippen LogP contribution in [0.2, 0.25) is 0 Å². The summed E-state index contributed by atoms with van der Waals surface area (Å²) >= 11 is 1.48.